The van der Waals surface area contributed by atoms with E-state index in [-0.39, 0.29) is 0 Å². The van der Waals surface area contributed by atoms with Crippen molar-refractivity contribution in [3.63, 3.8) is 0 Å². The summed E-state index contributed by atoms with van der Waals surface area (Å²) in [5.74, 6) is 0. The first kappa shape index (κ1) is 8.75. The molecule has 0 spiro atoms. The molecule has 0 aromatic heterocycles. The lowest BCUT2D eigenvalue weighted by atomic mass is 10.3. The highest BCUT2D eigenvalue weighted by Crippen LogP contribution is 1.87. The molecule has 0 saturated heterocycles. The summed E-state index contributed by atoms with van der Waals surface area (Å²) in [7, 11) is 1.57. The molecule has 0 aromatic rings. The molecule has 0 aliphatic carbocycles. The van der Waals surface area contributed by atoms with Gasteiger partial charge in [-0.3, -0.25) is 0 Å². The van der Waals surface area contributed by atoms with Crippen LogP contribution in [0.25, 0.3) is 0 Å². The Morgan fingerprint density at radius 2 is 2.30 bits per heavy atom. The van der Waals surface area contributed by atoms with Crippen molar-refractivity contribution in [2.75, 3.05) is 7.11 Å². The summed E-state index contributed by atoms with van der Waals surface area (Å²) in [5, 5.41) is 10.9. The van der Waals surface area contributed by atoms with Crippen LogP contribution in [-0.4, -0.2) is 18.5 Å². The summed E-state index contributed by atoms with van der Waals surface area (Å²) in [4.78, 5) is 0. The molecule has 0 aliphatic heterocycles. The fourth-order valence-electron chi connectivity index (χ4n) is 0.404. The number of ether oxygens (including phenoxy) is 1. The van der Waals surface area contributed by atoms with Gasteiger partial charge in [-0.1, -0.05) is 11.2 Å². The summed E-state index contributed by atoms with van der Waals surface area (Å²) >= 11 is 0. The highest BCUT2D eigenvalue weighted by Gasteiger charge is 1.76. The minimum Gasteiger partial charge on any atom is -0.504 e. The van der Waals surface area contributed by atoms with Crippen molar-refractivity contribution < 1.29 is 9.94 Å². The van der Waals surface area contributed by atoms with E-state index in [1.54, 1.807) is 19.3 Å². The van der Waals surface area contributed by atoms with E-state index in [0.717, 1.165) is 5.57 Å². The monoisotopic (exact) mass is 141 g/mol. The first-order valence-electron chi connectivity index (χ1n) is 2.85. The molecule has 0 unspecified atom stereocenters. The first-order valence-corrected chi connectivity index (χ1v) is 2.85. The molecular formula is C7H11NO2. The Morgan fingerprint density at radius 1 is 1.60 bits per heavy atom. The Labute approximate surface area is 60.3 Å². The van der Waals surface area contributed by atoms with Crippen LogP contribution in [0.4, 0.5) is 0 Å². The van der Waals surface area contributed by atoms with E-state index < -0.39 is 0 Å². The van der Waals surface area contributed by atoms with Crippen LogP contribution in [0, 0.1) is 0 Å². The van der Waals surface area contributed by atoms with Gasteiger partial charge in [-0.2, -0.15) is 0 Å². The largest absolute Gasteiger partial charge is 0.504 e. The minimum absolute atomic E-state index is 0.857. The summed E-state index contributed by atoms with van der Waals surface area (Å²) < 4.78 is 4.64. The van der Waals surface area contributed by atoms with Gasteiger partial charge < -0.3 is 9.94 Å². The maximum Gasteiger partial charge on any atom is 0.0824 e. The summed E-state index contributed by atoms with van der Waals surface area (Å²) in [6.45, 7) is 1.82. The minimum atomic E-state index is 0.857. The van der Waals surface area contributed by atoms with Gasteiger partial charge in [-0.05, 0) is 18.6 Å². The van der Waals surface area contributed by atoms with E-state index in [9.17, 15) is 0 Å². The molecule has 0 atom stereocenters. The average molecular weight is 141 g/mol. The second-order valence-electron chi connectivity index (χ2n) is 1.72. The molecule has 3 heteroatoms. The van der Waals surface area contributed by atoms with E-state index in [1.165, 1.54) is 12.5 Å². The molecule has 0 aromatic carbocycles. The molecular weight excluding hydrogens is 130 g/mol. The predicted octanol–water partition coefficient (Wildman–Crippen LogP) is 1.55. The molecule has 3 nitrogen and oxygen atoms in total. The van der Waals surface area contributed by atoms with Crippen LogP contribution in [-0.2, 0) is 4.74 Å². The molecule has 0 aliphatic rings. The number of nitrogens with zero attached hydrogens (tertiary/aromatic N) is 1. The highest BCUT2D eigenvalue weighted by atomic mass is 16.5. The molecule has 0 rings (SSSR count). The Balaban J connectivity index is 3.79. The third-order valence-electron chi connectivity index (χ3n) is 0.835. The SMILES string of the molecule is CO/C=C/C=C(/C)C=NO. The van der Waals surface area contributed by atoms with Crippen molar-refractivity contribution in [1.82, 2.24) is 0 Å². The Kier molecular flexibility index (Phi) is 5.14. The maximum absolute atomic E-state index is 8.07. The van der Waals surface area contributed by atoms with E-state index in [2.05, 4.69) is 9.89 Å². The van der Waals surface area contributed by atoms with Crippen LogP contribution in [0.2, 0.25) is 0 Å². The van der Waals surface area contributed by atoms with Gasteiger partial charge in [0.05, 0.1) is 19.6 Å². The fraction of sp³-hybridized carbons (Fsp3) is 0.286. The Bertz CT molecular complexity index is 159. The zero-order valence-corrected chi connectivity index (χ0v) is 6.11. The number of hydrogen-bond acceptors (Lipinski definition) is 3. The molecule has 0 radical (unpaired) electrons. The molecule has 56 valence electrons. The second-order valence-corrected chi connectivity index (χ2v) is 1.72. The van der Waals surface area contributed by atoms with Crippen molar-refractivity contribution in [1.29, 1.82) is 0 Å². The van der Waals surface area contributed by atoms with E-state index in [1.807, 2.05) is 6.92 Å². The van der Waals surface area contributed by atoms with Crippen LogP contribution >= 0.6 is 0 Å². The van der Waals surface area contributed by atoms with Crippen molar-refractivity contribution in [3.8, 4) is 0 Å². The molecule has 0 saturated carbocycles. The van der Waals surface area contributed by atoms with Gasteiger partial charge in [-0.15, -0.1) is 0 Å². The lowest BCUT2D eigenvalue weighted by Gasteiger charge is -1.84. The normalized spacial score (nSPS) is 13.2. The smallest absolute Gasteiger partial charge is 0.0824 e. The first-order chi connectivity index (χ1) is 4.81. The maximum atomic E-state index is 8.07. The van der Waals surface area contributed by atoms with Gasteiger partial charge in [0.15, 0.2) is 0 Å². The van der Waals surface area contributed by atoms with Gasteiger partial charge in [0.2, 0.25) is 0 Å². The van der Waals surface area contributed by atoms with Crippen LogP contribution in [0.15, 0.2) is 29.1 Å². The summed E-state index contributed by atoms with van der Waals surface area (Å²) in [6.07, 6.45) is 6.37. The van der Waals surface area contributed by atoms with Gasteiger partial charge in [0.1, 0.15) is 0 Å². The zero-order valence-electron chi connectivity index (χ0n) is 6.11. The van der Waals surface area contributed by atoms with Crippen LogP contribution in [0.1, 0.15) is 6.92 Å². The topological polar surface area (TPSA) is 41.8 Å². The number of allylic oxidation sites excluding steroid dienone is 3. The van der Waals surface area contributed by atoms with Gasteiger partial charge in [0, 0.05) is 0 Å². The van der Waals surface area contributed by atoms with Crippen molar-refractivity contribution in [2.24, 2.45) is 5.16 Å². The molecule has 0 amide bonds. The standard InChI is InChI=1S/C7H11NO2/c1-7(6-8-9)4-3-5-10-2/h3-6,9H,1-2H3/b5-3+,7-4-,8-6?. The van der Waals surface area contributed by atoms with Gasteiger partial charge >= 0.3 is 0 Å². The van der Waals surface area contributed by atoms with E-state index in [0.29, 0.717) is 0 Å². The molecule has 1 N–H and O–H groups in total. The number of rotatable bonds is 3. The third-order valence-corrected chi connectivity index (χ3v) is 0.835. The molecule has 0 fully saturated rings. The van der Waals surface area contributed by atoms with Gasteiger partial charge in [-0.25, -0.2) is 0 Å². The predicted molar refractivity (Wildman–Crippen MR) is 40.2 cm³/mol. The van der Waals surface area contributed by atoms with E-state index >= 15 is 0 Å². The number of oxime groups is 1. The Morgan fingerprint density at radius 3 is 2.80 bits per heavy atom. The number of methoxy groups -OCH3 is 1. The summed E-state index contributed by atoms with van der Waals surface area (Å²) in [5.41, 5.74) is 0.857. The van der Waals surface area contributed by atoms with Crippen LogP contribution in [0.3, 0.4) is 0 Å². The molecule has 10 heavy (non-hydrogen) atoms. The number of hydrogen-bond donors (Lipinski definition) is 1. The quantitative estimate of drug-likeness (QED) is 0.213. The lowest BCUT2D eigenvalue weighted by molar-refractivity contribution is 0.321. The Hall–Kier alpha value is -1.25. The van der Waals surface area contributed by atoms with Crippen molar-refractivity contribution >= 4 is 6.21 Å². The van der Waals surface area contributed by atoms with Crippen LogP contribution < -0.4 is 0 Å². The highest BCUT2D eigenvalue weighted by molar-refractivity contribution is 5.77. The van der Waals surface area contributed by atoms with Crippen molar-refractivity contribution in [3.05, 3.63) is 24.0 Å². The molecule has 0 bridgehead atoms. The zero-order chi connectivity index (χ0) is 7.82. The van der Waals surface area contributed by atoms with Crippen molar-refractivity contribution in [2.45, 2.75) is 6.92 Å². The van der Waals surface area contributed by atoms with E-state index in [4.69, 9.17) is 5.21 Å². The average Bonchev–Trinajstić information content (AvgIpc) is 1.89. The molecule has 0 heterocycles. The van der Waals surface area contributed by atoms with Crippen LogP contribution in [0.5, 0.6) is 0 Å². The second kappa shape index (κ2) is 5.88. The third kappa shape index (κ3) is 4.90. The van der Waals surface area contributed by atoms with Gasteiger partial charge in [0.25, 0.3) is 0 Å². The fourth-order valence-corrected chi connectivity index (χ4v) is 0.404. The lowest BCUT2D eigenvalue weighted by Crippen LogP contribution is -1.74. The summed E-state index contributed by atoms with van der Waals surface area (Å²) in [6, 6.07) is 0.